The van der Waals surface area contributed by atoms with Crippen LogP contribution in [0, 0.1) is 11.3 Å². The minimum atomic E-state index is -1.15. The second-order valence-corrected chi connectivity index (χ2v) is 8.03. The van der Waals surface area contributed by atoms with Gasteiger partial charge in [0.25, 0.3) is 5.91 Å². The van der Waals surface area contributed by atoms with Crippen LogP contribution in [0.3, 0.4) is 0 Å². The summed E-state index contributed by atoms with van der Waals surface area (Å²) in [6, 6.07) is 5.30. The summed E-state index contributed by atoms with van der Waals surface area (Å²) in [6.45, 7) is 1.29. The molecule has 0 spiro atoms. The summed E-state index contributed by atoms with van der Waals surface area (Å²) in [7, 11) is 1.59. The van der Waals surface area contributed by atoms with Gasteiger partial charge in [-0.2, -0.15) is 5.26 Å². The van der Waals surface area contributed by atoms with Crippen molar-refractivity contribution in [1.82, 2.24) is 15.1 Å². The van der Waals surface area contributed by atoms with Gasteiger partial charge < -0.3 is 10.2 Å². The van der Waals surface area contributed by atoms with Gasteiger partial charge in [0.2, 0.25) is 5.91 Å². The number of urea groups is 1. The molecule has 1 saturated heterocycles. The number of hydrogen-bond acceptors (Lipinski definition) is 5. The van der Waals surface area contributed by atoms with Crippen LogP contribution in [0.2, 0.25) is 0 Å². The van der Waals surface area contributed by atoms with Crippen molar-refractivity contribution >= 4 is 29.2 Å². The molecule has 1 unspecified atom stereocenters. The topological polar surface area (TPSA) is 93.5 Å². The zero-order valence-electron chi connectivity index (χ0n) is 14.9. The quantitative estimate of drug-likeness (QED) is 0.818. The Morgan fingerprint density at radius 3 is 2.65 bits per heavy atom. The summed E-state index contributed by atoms with van der Waals surface area (Å²) in [6.07, 6.45) is 4.09. The molecule has 2 fully saturated rings. The predicted molar refractivity (Wildman–Crippen MR) is 96.1 cm³/mol. The van der Waals surface area contributed by atoms with E-state index in [2.05, 4.69) is 11.4 Å². The first kappa shape index (κ1) is 18.4. The number of rotatable bonds is 4. The monoisotopic (exact) mass is 374 g/mol. The Kier molecular flexibility index (Phi) is 4.76. The molecule has 1 saturated carbocycles. The lowest BCUT2D eigenvalue weighted by molar-refractivity contribution is -0.141. The molecule has 1 atom stereocenters. The molecule has 0 aromatic carbocycles. The molecule has 3 rings (SSSR count). The zero-order chi connectivity index (χ0) is 18.9. The van der Waals surface area contributed by atoms with Crippen molar-refractivity contribution in [3.05, 3.63) is 22.4 Å². The van der Waals surface area contributed by atoms with Gasteiger partial charge in [-0.1, -0.05) is 25.3 Å². The lowest BCUT2D eigenvalue weighted by Gasteiger charge is -2.39. The highest BCUT2D eigenvalue weighted by atomic mass is 32.1. The first-order chi connectivity index (χ1) is 12.3. The number of amides is 4. The van der Waals surface area contributed by atoms with Gasteiger partial charge in [0, 0.05) is 11.9 Å². The third-order valence-electron chi connectivity index (χ3n) is 5.49. The maximum absolute atomic E-state index is 12.8. The molecule has 1 aliphatic carbocycles. The summed E-state index contributed by atoms with van der Waals surface area (Å²) in [5.41, 5.74) is -1.99. The highest BCUT2D eigenvalue weighted by molar-refractivity contribution is 7.10. The number of nitrogens with one attached hydrogen (secondary N) is 1. The first-order valence-electron chi connectivity index (χ1n) is 8.70. The Labute approximate surface area is 156 Å². The number of carbonyl (C=O) groups excluding carboxylic acids is 3. The Hall–Kier alpha value is -2.40. The molecule has 1 N–H and O–H groups in total. The third-order valence-corrected chi connectivity index (χ3v) is 6.58. The summed E-state index contributed by atoms with van der Waals surface area (Å²) >= 11 is 1.38. The number of nitrogens with zero attached hydrogens (tertiary/aromatic N) is 3. The largest absolute Gasteiger partial charge is 0.325 e. The SMILES string of the molecule is CN(C(=O)CN1C(=O)NC(C)(c2cccs2)C1=O)C1(C#N)CCCCC1. The minimum Gasteiger partial charge on any atom is -0.325 e. The van der Waals surface area contributed by atoms with E-state index in [1.165, 1.54) is 16.2 Å². The van der Waals surface area contributed by atoms with E-state index in [0.29, 0.717) is 12.8 Å². The molecule has 4 amide bonds. The Bertz CT molecular complexity index is 764. The molecule has 2 heterocycles. The number of hydrogen-bond donors (Lipinski definition) is 1. The molecule has 138 valence electrons. The maximum Gasteiger partial charge on any atom is 0.325 e. The first-order valence-corrected chi connectivity index (χ1v) is 9.58. The van der Waals surface area contributed by atoms with Gasteiger partial charge in [-0.3, -0.25) is 14.5 Å². The normalized spacial score (nSPS) is 24.9. The van der Waals surface area contributed by atoms with Crippen LogP contribution in [0.25, 0.3) is 0 Å². The lowest BCUT2D eigenvalue weighted by Crippen LogP contribution is -2.53. The predicted octanol–water partition coefficient (Wildman–Crippen LogP) is 2.20. The maximum atomic E-state index is 12.8. The van der Waals surface area contributed by atoms with Crippen LogP contribution in [0.15, 0.2) is 17.5 Å². The van der Waals surface area contributed by atoms with Crippen molar-refractivity contribution in [1.29, 1.82) is 5.26 Å². The van der Waals surface area contributed by atoms with Gasteiger partial charge >= 0.3 is 6.03 Å². The summed E-state index contributed by atoms with van der Waals surface area (Å²) < 4.78 is 0. The molecule has 26 heavy (non-hydrogen) atoms. The number of likely N-dealkylation sites (N-methyl/N-ethyl adjacent to an activating group) is 1. The molecule has 0 bridgehead atoms. The van der Waals surface area contributed by atoms with Crippen molar-refractivity contribution in [3.63, 3.8) is 0 Å². The van der Waals surface area contributed by atoms with E-state index in [1.54, 1.807) is 20.0 Å². The minimum absolute atomic E-state index is 0.356. The van der Waals surface area contributed by atoms with Crippen LogP contribution in [0.5, 0.6) is 0 Å². The third kappa shape index (κ3) is 2.86. The zero-order valence-corrected chi connectivity index (χ0v) is 15.8. The van der Waals surface area contributed by atoms with Crippen LogP contribution < -0.4 is 5.32 Å². The van der Waals surface area contributed by atoms with Gasteiger partial charge in [-0.05, 0) is 31.2 Å². The highest BCUT2D eigenvalue weighted by Crippen LogP contribution is 2.34. The van der Waals surface area contributed by atoms with E-state index in [-0.39, 0.29) is 6.54 Å². The van der Waals surface area contributed by atoms with Crippen LogP contribution in [0.1, 0.15) is 43.9 Å². The van der Waals surface area contributed by atoms with E-state index < -0.39 is 28.9 Å². The average molecular weight is 374 g/mol. The van der Waals surface area contributed by atoms with Gasteiger partial charge in [0.05, 0.1) is 6.07 Å². The van der Waals surface area contributed by atoms with Crippen molar-refractivity contribution < 1.29 is 14.4 Å². The summed E-state index contributed by atoms with van der Waals surface area (Å²) in [5, 5.41) is 14.2. The van der Waals surface area contributed by atoms with E-state index in [9.17, 15) is 19.6 Å². The molecule has 1 aliphatic heterocycles. The van der Waals surface area contributed by atoms with Crippen LogP contribution in [0.4, 0.5) is 4.79 Å². The molecular formula is C18H22N4O3S. The fourth-order valence-corrected chi connectivity index (χ4v) is 4.54. The number of nitriles is 1. The van der Waals surface area contributed by atoms with Crippen molar-refractivity contribution in [3.8, 4) is 6.07 Å². The van der Waals surface area contributed by atoms with E-state index >= 15 is 0 Å². The van der Waals surface area contributed by atoms with Gasteiger partial charge in [0.1, 0.15) is 12.1 Å². The molecule has 1 aromatic rings. The van der Waals surface area contributed by atoms with E-state index in [4.69, 9.17) is 0 Å². The van der Waals surface area contributed by atoms with Crippen LogP contribution in [-0.2, 0) is 15.1 Å². The van der Waals surface area contributed by atoms with Gasteiger partial charge in [-0.15, -0.1) is 11.3 Å². The van der Waals surface area contributed by atoms with E-state index in [0.717, 1.165) is 29.0 Å². The standard InChI is InChI=1S/C18H22N4O3S/c1-17(13-7-6-10-26-13)15(24)22(16(25)20-17)11-14(23)21(2)18(12-19)8-4-3-5-9-18/h6-7,10H,3-5,8-9,11H2,1-2H3,(H,20,25). The van der Waals surface area contributed by atoms with Crippen molar-refractivity contribution in [2.24, 2.45) is 0 Å². The fraction of sp³-hybridized carbons (Fsp3) is 0.556. The molecular weight excluding hydrogens is 352 g/mol. The van der Waals surface area contributed by atoms with Crippen molar-refractivity contribution in [2.75, 3.05) is 13.6 Å². The number of carbonyl (C=O) groups is 3. The Morgan fingerprint density at radius 1 is 1.38 bits per heavy atom. The molecule has 8 heteroatoms. The fourth-order valence-electron chi connectivity index (χ4n) is 3.71. The molecule has 0 radical (unpaired) electrons. The second-order valence-electron chi connectivity index (χ2n) is 7.08. The Morgan fingerprint density at radius 2 is 2.08 bits per heavy atom. The molecule has 1 aromatic heterocycles. The number of imide groups is 1. The second kappa shape index (κ2) is 6.72. The average Bonchev–Trinajstić information content (AvgIpc) is 3.26. The van der Waals surface area contributed by atoms with Gasteiger partial charge in [-0.25, -0.2) is 4.79 Å². The van der Waals surface area contributed by atoms with Crippen LogP contribution in [-0.4, -0.2) is 46.8 Å². The smallest absolute Gasteiger partial charge is 0.325 e. The number of thiophene rings is 1. The highest BCUT2D eigenvalue weighted by Gasteiger charge is 2.51. The summed E-state index contributed by atoms with van der Waals surface area (Å²) in [5.74, 6) is -0.839. The van der Waals surface area contributed by atoms with E-state index in [1.807, 2.05) is 11.4 Å². The lowest BCUT2D eigenvalue weighted by atomic mass is 9.81. The van der Waals surface area contributed by atoms with Crippen LogP contribution >= 0.6 is 11.3 Å². The Balaban J connectivity index is 1.76. The van der Waals surface area contributed by atoms with Crippen molar-refractivity contribution in [2.45, 2.75) is 50.1 Å². The molecule has 2 aliphatic rings. The van der Waals surface area contributed by atoms with Gasteiger partial charge in [0.15, 0.2) is 5.54 Å². The molecule has 7 nitrogen and oxygen atoms in total. The summed E-state index contributed by atoms with van der Waals surface area (Å²) in [4.78, 5) is 41.0.